The Morgan fingerprint density at radius 2 is 2.04 bits per heavy atom. The van der Waals surface area contributed by atoms with Crippen LogP contribution in [-0.2, 0) is 6.54 Å². The fraction of sp³-hybridized carbons (Fsp3) is 0.318. The van der Waals surface area contributed by atoms with Crippen LogP contribution in [0.3, 0.4) is 0 Å². The summed E-state index contributed by atoms with van der Waals surface area (Å²) >= 11 is 0. The van der Waals surface area contributed by atoms with Crippen molar-refractivity contribution in [2.45, 2.75) is 25.8 Å². The number of H-pyrrole nitrogens is 1. The molecule has 4 aromatic rings. The van der Waals surface area contributed by atoms with Gasteiger partial charge in [0.2, 0.25) is 0 Å². The van der Waals surface area contributed by atoms with Crippen molar-refractivity contribution in [3.8, 4) is 0 Å². The number of anilines is 1. The lowest BCUT2D eigenvalue weighted by atomic mass is 9.83. The molecule has 28 heavy (non-hydrogen) atoms. The van der Waals surface area contributed by atoms with Gasteiger partial charge in [-0.05, 0) is 37.5 Å². The average molecular weight is 371 g/mol. The highest BCUT2D eigenvalue weighted by atomic mass is 16.1. The molecule has 2 atom stereocenters. The average Bonchev–Trinajstić information content (AvgIpc) is 3.07. The molecule has 3 aromatic heterocycles. The van der Waals surface area contributed by atoms with Gasteiger partial charge in [0.05, 0.1) is 0 Å². The second-order valence-electron chi connectivity index (χ2n) is 8.20. The van der Waals surface area contributed by atoms with Gasteiger partial charge in [0, 0.05) is 48.2 Å². The first-order valence-electron chi connectivity index (χ1n) is 9.85. The Morgan fingerprint density at radius 3 is 2.96 bits per heavy atom. The zero-order chi connectivity index (χ0) is 18.8. The van der Waals surface area contributed by atoms with Gasteiger partial charge < -0.3 is 14.5 Å². The van der Waals surface area contributed by atoms with Crippen molar-refractivity contribution in [1.82, 2.24) is 19.5 Å². The monoisotopic (exact) mass is 371 g/mol. The molecule has 0 spiro atoms. The molecule has 0 unspecified atom stereocenters. The van der Waals surface area contributed by atoms with Crippen LogP contribution in [-0.4, -0.2) is 32.6 Å². The van der Waals surface area contributed by atoms with Crippen LogP contribution in [0.4, 0.5) is 5.82 Å². The molecule has 6 heteroatoms. The number of aromatic nitrogens is 4. The van der Waals surface area contributed by atoms with Gasteiger partial charge in [0.25, 0.3) is 5.56 Å². The molecule has 2 aliphatic rings. The second kappa shape index (κ2) is 5.67. The lowest BCUT2D eigenvalue weighted by Gasteiger charge is -2.43. The molecule has 1 N–H and O–H groups in total. The normalized spacial score (nSPS) is 21.2. The van der Waals surface area contributed by atoms with Crippen LogP contribution in [0.25, 0.3) is 21.9 Å². The van der Waals surface area contributed by atoms with Gasteiger partial charge in [-0.2, -0.15) is 0 Å². The first-order chi connectivity index (χ1) is 13.7. The molecule has 6 nitrogen and oxygen atoms in total. The van der Waals surface area contributed by atoms with Crippen molar-refractivity contribution in [3.05, 3.63) is 64.3 Å². The highest BCUT2D eigenvalue weighted by Gasteiger charge is 2.35. The Bertz CT molecular complexity index is 1290. The minimum Gasteiger partial charge on any atom is -0.354 e. The van der Waals surface area contributed by atoms with Gasteiger partial charge in [-0.25, -0.2) is 9.97 Å². The van der Waals surface area contributed by atoms with E-state index < -0.39 is 0 Å². The molecule has 1 aromatic carbocycles. The van der Waals surface area contributed by atoms with E-state index >= 15 is 0 Å². The summed E-state index contributed by atoms with van der Waals surface area (Å²) in [6.07, 6.45) is 2.82. The summed E-state index contributed by atoms with van der Waals surface area (Å²) in [6.45, 7) is 4.69. The predicted octanol–water partition coefficient (Wildman–Crippen LogP) is 3.20. The maximum absolute atomic E-state index is 12.3. The number of aryl methyl sites for hydroxylation is 1. The Kier molecular flexibility index (Phi) is 3.21. The standard InChI is InChI=1S/C22H21N5O/c1-13-5-6-17-16(7-13)20-21(25-17)22(24-12-23-20)26-9-14-8-15(11-26)18-3-2-4-19(28)27(18)10-14/h2-7,12,14-15,25H,8-11H2,1H3/t14-,15-/m0/s1. The molecule has 6 rings (SSSR count). The zero-order valence-corrected chi connectivity index (χ0v) is 15.7. The lowest BCUT2D eigenvalue weighted by Crippen LogP contribution is -2.47. The fourth-order valence-electron chi connectivity index (χ4n) is 5.10. The van der Waals surface area contributed by atoms with E-state index in [-0.39, 0.29) is 5.56 Å². The third-order valence-electron chi connectivity index (χ3n) is 6.30. The number of piperidine rings is 1. The zero-order valence-electron chi connectivity index (χ0n) is 15.7. The van der Waals surface area contributed by atoms with Gasteiger partial charge in [0.15, 0.2) is 5.82 Å². The van der Waals surface area contributed by atoms with Crippen LogP contribution in [0.15, 0.2) is 47.5 Å². The van der Waals surface area contributed by atoms with Crippen LogP contribution >= 0.6 is 0 Å². The molecule has 5 heterocycles. The molecule has 1 saturated heterocycles. The van der Waals surface area contributed by atoms with Crippen LogP contribution in [0, 0.1) is 12.8 Å². The number of hydrogen-bond acceptors (Lipinski definition) is 4. The maximum Gasteiger partial charge on any atom is 0.250 e. The summed E-state index contributed by atoms with van der Waals surface area (Å²) in [7, 11) is 0. The highest BCUT2D eigenvalue weighted by Crippen LogP contribution is 2.38. The number of benzene rings is 1. The van der Waals surface area contributed by atoms with Crippen molar-refractivity contribution in [2.24, 2.45) is 5.92 Å². The van der Waals surface area contributed by atoms with Gasteiger partial charge in [-0.1, -0.05) is 17.7 Å². The number of rotatable bonds is 1. The van der Waals surface area contributed by atoms with Crippen molar-refractivity contribution >= 4 is 27.8 Å². The Hall–Kier alpha value is -3.15. The van der Waals surface area contributed by atoms with Crippen LogP contribution in [0.5, 0.6) is 0 Å². The SMILES string of the molecule is Cc1ccc2[nH]c3c(N4C[C@@H]5C[C@@H](C4)c4cccc(=O)n4C5)ncnc3c2c1. The second-order valence-corrected chi connectivity index (χ2v) is 8.20. The number of nitrogens with one attached hydrogen (secondary N) is 1. The number of fused-ring (bicyclic) bond motifs is 7. The maximum atomic E-state index is 12.3. The number of nitrogens with zero attached hydrogens (tertiary/aromatic N) is 4. The van der Waals surface area contributed by atoms with E-state index in [1.165, 1.54) is 5.56 Å². The van der Waals surface area contributed by atoms with Crippen molar-refractivity contribution in [2.75, 3.05) is 18.0 Å². The lowest BCUT2D eigenvalue weighted by molar-refractivity contribution is 0.281. The molecule has 2 bridgehead atoms. The van der Waals surface area contributed by atoms with Crippen molar-refractivity contribution < 1.29 is 0 Å². The largest absolute Gasteiger partial charge is 0.354 e. The summed E-state index contributed by atoms with van der Waals surface area (Å²) in [5, 5.41) is 1.15. The molecule has 0 aliphatic carbocycles. The predicted molar refractivity (Wildman–Crippen MR) is 110 cm³/mol. The Labute approximate surface area is 161 Å². The van der Waals surface area contributed by atoms with E-state index in [1.807, 2.05) is 10.6 Å². The summed E-state index contributed by atoms with van der Waals surface area (Å²) in [4.78, 5) is 27.4. The van der Waals surface area contributed by atoms with E-state index in [2.05, 4.69) is 51.0 Å². The highest BCUT2D eigenvalue weighted by molar-refractivity contribution is 6.08. The van der Waals surface area contributed by atoms with E-state index in [0.717, 1.165) is 59.5 Å². The van der Waals surface area contributed by atoms with E-state index in [0.29, 0.717) is 11.8 Å². The minimum atomic E-state index is 0.121. The molecule has 140 valence electrons. The number of aromatic amines is 1. The Balaban J connectivity index is 1.47. The van der Waals surface area contributed by atoms with Crippen molar-refractivity contribution in [1.29, 1.82) is 0 Å². The quantitative estimate of drug-likeness (QED) is 0.558. The van der Waals surface area contributed by atoms with E-state index in [9.17, 15) is 4.79 Å². The third kappa shape index (κ3) is 2.24. The minimum absolute atomic E-state index is 0.121. The summed E-state index contributed by atoms with van der Waals surface area (Å²) in [5.74, 6) is 1.79. The van der Waals surface area contributed by atoms with Gasteiger partial charge >= 0.3 is 0 Å². The van der Waals surface area contributed by atoms with Gasteiger partial charge in [-0.15, -0.1) is 0 Å². The summed E-state index contributed by atoms with van der Waals surface area (Å²) in [6, 6.07) is 12.1. The third-order valence-corrected chi connectivity index (χ3v) is 6.30. The van der Waals surface area contributed by atoms with Crippen LogP contribution in [0.2, 0.25) is 0 Å². The first kappa shape index (κ1) is 15.9. The first-order valence-corrected chi connectivity index (χ1v) is 9.85. The molecule has 0 radical (unpaired) electrons. The molecule has 1 fully saturated rings. The molecular formula is C22H21N5O. The molecular weight excluding hydrogens is 350 g/mol. The van der Waals surface area contributed by atoms with E-state index in [4.69, 9.17) is 0 Å². The Morgan fingerprint density at radius 1 is 1.11 bits per heavy atom. The molecule has 2 aliphatic heterocycles. The topological polar surface area (TPSA) is 66.8 Å². The smallest absolute Gasteiger partial charge is 0.250 e. The number of hydrogen-bond donors (Lipinski definition) is 1. The van der Waals surface area contributed by atoms with Crippen molar-refractivity contribution in [3.63, 3.8) is 0 Å². The molecule has 0 amide bonds. The number of pyridine rings is 1. The summed E-state index contributed by atoms with van der Waals surface area (Å²) in [5.41, 5.74) is 5.59. The molecule has 0 saturated carbocycles. The van der Waals surface area contributed by atoms with Gasteiger partial charge in [-0.3, -0.25) is 4.79 Å². The van der Waals surface area contributed by atoms with Gasteiger partial charge in [0.1, 0.15) is 17.4 Å². The van der Waals surface area contributed by atoms with Crippen LogP contribution in [0.1, 0.15) is 23.6 Å². The van der Waals surface area contributed by atoms with Crippen LogP contribution < -0.4 is 10.5 Å². The summed E-state index contributed by atoms with van der Waals surface area (Å²) < 4.78 is 1.97. The fourth-order valence-corrected chi connectivity index (χ4v) is 5.10. The van der Waals surface area contributed by atoms with E-state index in [1.54, 1.807) is 12.4 Å².